The van der Waals surface area contributed by atoms with Gasteiger partial charge in [0.1, 0.15) is 0 Å². The minimum Gasteiger partial charge on any atom is -0.349 e. The van der Waals surface area contributed by atoms with Gasteiger partial charge in [0.05, 0.1) is 4.90 Å². The number of nitrogens with zero attached hydrogens (tertiary/aromatic N) is 1. The number of rotatable bonds is 6. The summed E-state index contributed by atoms with van der Waals surface area (Å²) in [6.45, 7) is 6.60. The zero-order valence-corrected chi connectivity index (χ0v) is 15.6. The van der Waals surface area contributed by atoms with Crippen molar-refractivity contribution in [2.24, 2.45) is 5.92 Å². The average Bonchev–Trinajstić information content (AvgIpc) is 2.58. The van der Waals surface area contributed by atoms with Crippen LogP contribution in [-0.2, 0) is 10.0 Å². The van der Waals surface area contributed by atoms with Gasteiger partial charge in [0.2, 0.25) is 10.0 Å². The minimum atomic E-state index is -3.55. The normalized spacial score (nSPS) is 21.7. The Labute approximate surface area is 145 Å². The summed E-state index contributed by atoms with van der Waals surface area (Å²) >= 11 is 0. The predicted octanol–water partition coefficient (Wildman–Crippen LogP) is 3.03. The van der Waals surface area contributed by atoms with E-state index in [4.69, 9.17) is 0 Å². The summed E-state index contributed by atoms with van der Waals surface area (Å²) in [4.78, 5) is 12.7. The molecular formula is C18H28N2O3S. The quantitative estimate of drug-likeness (QED) is 0.856. The Hall–Kier alpha value is -1.40. The van der Waals surface area contributed by atoms with Crippen LogP contribution < -0.4 is 5.32 Å². The second-order valence-electron chi connectivity index (χ2n) is 6.46. The van der Waals surface area contributed by atoms with Crippen molar-refractivity contribution in [3.8, 4) is 0 Å². The number of carbonyl (C=O) groups excluding carboxylic acids is 1. The number of amides is 1. The minimum absolute atomic E-state index is 0.175. The maximum atomic E-state index is 12.6. The number of benzene rings is 1. The van der Waals surface area contributed by atoms with Gasteiger partial charge in [-0.3, -0.25) is 4.79 Å². The van der Waals surface area contributed by atoms with Gasteiger partial charge < -0.3 is 5.32 Å². The average molecular weight is 353 g/mol. The van der Waals surface area contributed by atoms with Crippen molar-refractivity contribution < 1.29 is 13.2 Å². The van der Waals surface area contributed by atoms with Gasteiger partial charge >= 0.3 is 0 Å². The zero-order valence-electron chi connectivity index (χ0n) is 14.8. The van der Waals surface area contributed by atoms with Gasteiger partial charge in [-0.15, -0.1) is 0 Å². The Morgan fingerprint density at radius 3 is 2.50 bits per heavy atom. The molecule has 1 aromatic carbocycles. The molecule has 5 nitrogen and oxygen atoms in total. The molecule has 1 N–H and O–H groups in total. The van der Waals surface area contributed by atoms with Crippen LogP contribution in [0.2, 0.25) is 0 Å². The molecule has 0 saturated heterocycles. The van der Waals surface area contributed by atoms with Crippen molar-refractivity contribution in [1.29, 1.82) is 0 Å². The van der Waals surface area contributed by atoms with E-state index < -0.39 is 10.0 Å². The van der Waals surface area contributed by atoms with Crippen LogP contribution in [0.4, 0.5) is 0 Å². The standard InChI is InChI=1S/C18H28N2O3S/c1-4-20(5-2)24(22,23)16-11-8-10-15(13-16)18(21)19-17-12-7-6-9-14(17)3/h8,10-11,13-14,17H,4-7,9,12H2,1-3H3,(H,19,21)/t14-,17-/m1/s1. The first-order valence-electron chi connectivity index (χ1n) is 8.81. The third-order valence-corrected chi connectivity index (χ3v) is 6.91. The van der Waals surface area contributed by atoms with Crippen molar-refractivity contribution in [3.63, 3.8) is 0 Å². The Morgan fingerprint density at radius 1 is 1.21 bits per heavy atom. The Kier molecular flexibility index (Phi) is 6.40. The molecule has 1 fully saturated rings. The van der Waals surface area contributed by atoms with Crippen molar-refractivity contribution in [3.05, 3.63) is 29.8 Å². The van der Waals surface area contributed by atoms with Gasteiger partial charge in [0.25, 0.3) is 5.91 Å². The molecule has 0 heterocycles. The van der Waals surface area contributed by atoms with Crippen LogP contribution in [0.5, 0.6) is 0 Å². The van der Waals surface area contributed by atoms with Crippen LogP contribution in [0.1, 0.15) is 56.8 Å². The molecule has 24 heavy (non-hydrogen) atoms. The second kappa shape index (κ2) is 8.12. The highest BCUT2D eigenvalue weighted by Gasteiger charge is 2.25. The summed E-state index contributed by atoms with van der Waals surface area (Å²) in [7, 11) is -3.55. The summed E-state index contributed by atoms with van der Waals surface area (Å²) in [5, 5.41) is 3.07. The van der Waals surface area contributed by atoms with E-state index in [1.54, 1.807) is 18.2 Å². The largest absolute Gasteiger partial charge is 0.349 e. The Bertz CT molecular complexity index is 669. The van der Waals surface area contributed by atoms with Gasteiger partial charge in [-0.05, 0) is 37.0 Å². The molecule has 134 valence electrons. The molecule has 0 bridgehead atoms. The van der Waals surface area contributed by atoms with Crippen molar-refractivity contribution in [2.75, 3.05) is 13.1 Å². The van der Waals surface area contributed by atoms with Gasteiger partial charge in [-0.1, -0.05) is 39.7 Å². The molecule has 1 amide bonds. The first kappa shape index (κ1) is 18.9. The van der Waals surface area contributed by atoms with Crippen LogP contribution in [0.3, 0.4) is 0 Å². The summed E-state index contributed by atoms with van der Waals surface area (Å²) in [5.74, 6) is 0.274. The second-order valence-corrected chi connectivity index (χ2v) is 8.40. The van der Waals surface area contributed by atoms with E-state index in [1.165, 1.54) is 16.8 Å². The Morgan fingerprint density at radius 2 is 1.88 bits per heavy atom. The maximum Gasteiger partial charge on any atom is 0.251 e. The lowest BCUT2D eigenvalue weighted by molar-refractivity contribution is 0.0910. The third kappa shape index (κ3) is 4.16. The van der Waals surface area contributed by atoms with E-state index >= 15 is 0 Å². The molecule has 2 rings (SSSR count). The van der Waals surface area contributed by atoms with E-state index in [0.717, 1.165) is 19.3 Å². The molecule has 1 saturated carbocycles. The van der Waals surface area contributed by atoms with Crippen molar-refractivity contribution >= 4 is 15.9 Å². The number of hydrogen-bond acceptors (Lipinski definition) is 3. The van der Waals surface area contributed by atoms with Crippen LogP contribution in [0.25, 0.3) is 0 Å². The van der Waals surface area contributed by atoms with E-state index in [1.807, 2.05) is 13.8 Å². The molecule has 1 aromatic rings. The van der Waals surface area contributed by atoms with E-state index in [9.17, 15) is 13.2 Å². The van der Waals surface area contributed by atoms with Crippen LogP contribution in [0.15, 0.2) is 29.2 Å². The fourth-order valence-electron chi connectivity index (χ4n) is 3.29. The lowest BCUT2D eigenvalue weighted by Crippen LogP contribution is -2.41. The van der Waals surface area contributed by atoms with E-state index in [-0.39, 0.29) is 16.8 Å². The monoisotopic (exact) mass is 352 g/mol. The molecule has 0 aromatic heterocycles. The van der Waals surface area contributed by atoms with Crippen LogP contribution in [0, 0.1) is 5.92 Å². The topological polar surface area (TPSA) is 66.5 Å². The lowest BCUT2D eigenvalue weighted by atomic mass is 9.86. The molecular weight excluding hydrogens is 324 g/mol. The van der Waals surface area contributed by atoms with Crippen molar-refractivity contribution in [2.45, 2.75) is 57.4 Å². The zero-order chi connectivity index (χ0) is 17.7. The summed E-state index contributed by atoms with van der Waals surface area (Å²) in [5.41, 5.74) is 0.404. The molecule has 0 unspecified atom stereocenters. The predicted molar refractivity (Wildman–Crippen MR) is 95.4 cm³/mol. The first-order chi connectivity index (χ1) is 11.4. The van der Waals surface area contributed by atoms with Gasteiger partial charge in [-0.2, -0.15) is 4.31 Å². The highest BCUT2D eigenvalue weighted by molar-refractivity contribution is 7.89. The third-order valence-electron chi connectivity index (χ3n) is 4.87. The number of nitrogens with one attached hydrogen (secondary N) is 1. The lowest BCUT2D eigenvalue weighted by Gasteiger charge is -2.29. The summed E-state index contributed by atoms with van der Waals surface area (Å²) in [6.07, 6.45) is 4.46. The van der Waals surface area contributed by atoms with Crippen LogP contribution >= 0.6 is 0 Å². The summed E-state index contributed by atoms with van der Waals surface area (Å²) < 4.78 is 26.6. The van der Waals surface area contributed by atoms with Gasteiger partial charge in [0.15, 0.2) is 0 Å². The highest BCUT2D eigenvalue weighted by Crippen LogP contribution is 2.24. The molecule has 0 spiro atoms. The smallest absolute Gasteiger partial charge is 0.251 e. The first-order valence-corrected chi connectivity index (χ1v) is 10.2. The number of sulfonamides is 1. The molecule has 2 atom stereocenters. The van der Waals surface area contributed by atoms with Gasteiger partial charge in [-0.25, -0.2) is 8.42 Å². The molecule has 1 aliphatic rings. The number of hydrogen-bond donors (Lipinski definition) is 1. The fourth-order valence-corrected chi connectivity index (χ4v) is 4.80. The van der Waals surface area contributed by atoms with E-state index in [0.29, 0.717) is 24.6 Å². The Balaban J connectivity index is 2.19. The van der Waals surface area contributed by atoms with E-state index in [2.05, 4.69) is 12.2 Å². The molecule has 0 radical (unpaired) electrons. The van der Waals surface area contributed by atoms with Crippen molar-refractivity contribution in [1.82, 2.24) is 9.62 Å². The number of carbonyl (C=O) groups is 1. The van der Waals surface area contributed by atoms with Gasteiger partial charge in [0, 0.05) is 24.7 Å². The fraction of sp³-hybridized carbons (Fsp3) is 0.611. The SMILES string of the molecule is CCN(CC)S(=O)(=O)c1cccc(C(=O)N[C@@H]2CCCC[C@H]2C)c1. The molecule has 6 heteroatoms. The van der Waals surface area contributed by atoms with Crippen LogP contribution in [-0.4, -0.2) is 37.8 Å². The summed E-state index contributed by atoms with van der Waals surface area (Å²) in [6, 6.07) is 6.51. The highest BCUT2D eigenvalue weighted by atomic mass is 32.2. The molecule has 1 aliphatic carbocycles. The molecule has 0 aliphatic heterocycles. The maximum absolute atomic E-state index is 12.6.